The van der Waals surface area contributed by atoms with E-state index < -0.39 is 5.97 Å². The zero-order valence-corrected chi connectivity index (χ0v) is 12.6. The van der Waals surface area contributed by atoms with Gasteiger partial charge in [-0.3, -0.25) is 0 Å². The van der Waals surface area contributed by atoms with Gasteiger partial charge in [-0.2, -0.15) is 0 Å². The third-order valence-electron chi connectivity index (χ3n) is 3.51. The number of aromatic nitrogens is 2. The third-order valence-corrected chi connectivity index (χ3v) is 3.51. The van der Waals surface area contributed by atoms with Crippen molar-refractivity contribution in [3.63, 3.8) is 0 Å². The molecule has 1 aromatic carbocycles. The molecule has 21 heavy (non-hydrogen) atoms. The van der Waals surface area contributed by atoms with E-state index in [-0.39, 0.29) is 5.56 Å². The van der Waals surface area contributed by atoms with Crippen LogP contribution in [-0.2, 0) is 6.42 Å². The van der Waals surface area contributed by atoms with Crippen molar-refractivity contribution in [1.29, 1.82) is 0 Å². The molecule has 0 aliphatic heterocycles. The van der Waals surface area contributed by atoms with Crippen LogP contribution in [0.5, 0.6) is 0 Å². The number of nitrogens with zero attached hydrogens (tertiary/aromatic N) is 2. The quantitative estimate of drug-likeness (QED) is 0.818. The van der Waals surface area contributed by atoms with Crippen LogP contribution in [0.15, 0.2) is 16.5 Å². The van der Waals surface area contributed by atoms with Crippen LogP contribution in [0, 0.1) is 13.8 Å². The summed E-state index contributed by atoms with van der Waals surface area (Å²) in [5, 5.41) is 17.5. The standard InChI is InChI=1S/C16H20N2O3/c1-4-5-6-7-12-17-18-15(21-12)13-10(2)8-9-11(3)14(13)16(19)20/h8-9H,4-7H2,1-3H3,(H,19,20). The predicted octanol–water partition coefficient (Wildman–Crippen LogP) is 3.78. The Hall–Kier alpha value is -2.17. The lowest BCUT2D eigenvalue weighted by Crippen LogP contribution is -2.04. The van der Waals surface area contributed by atoms with Crippen LogP contribution in [0.3, 0.4) is 0 Å². The number of hydrogen-bond acceptors (Lipinski definition) is 4. The first-order chi connectivity index (χ1) is 10.0. The van der Waals surface area contributed by atoms with Gasteiger partial charge in [0.2, 0.25) is 11.8 Å². The summed E-state index contributed by atoms with van der Waals surface area (Å²) in [6.07, 6.45) is 3.97. The number of unbranched alkanes of at least 4 members (excludes halogenated alkanes) is 2. The summed E-state index contributed by atoms with van der Waals surface area (Å²) in [4.78, 5) is 11.5. The number of aryl methyl sites for hydroxylation is 3. The lowest BCUT2D eigenvalue weighted by Gasteiger charge is -2.08. The van der Waals surface area contributed by atoms with E-state index >= 15 is 0 Å². The third kappa shape index (κ3) is 3.29. The molecule has 0 saturated heterocycles. The fourth-order valence-electron chi connectivity index (χ4n) is 2.34. The molecule has 0 amide bonds. The van der Waals surface area contributed by atoms with Crippen molar-refractivity contribution in [1.82, 2.24) is 10.2 Å². The van der Waals surface area contributed by atoms with Gasteiger partial charge in [0.05, 0.1) is 11.1 Å². The predicted molar refractivity (Wildman–Crippen MR) is 79.4 cm³/mol. The van der Waals surface area contributed by atoms with Crippen LogP contribution in [0.4, 0.5) is 0 Å². The smallest absolute Gasteiger partial charge is 0.336 e. The summed E-state index contributed by atoms with van der Waals surface area (Å²) >= 11 is 0. The number of benzene rings is 1. The molecular formula is C16H20N2O3. The van der Waals surface area contributed by atoms with Gasteiger partial charge in [0, 0.05) is 6.42 Å². The molecule has 112 valence electrons. The van der Waals surface area contributed by atoms with Crippen LogP contribution in [0.1, 0.15) is 53.6 Å². The minimum atomic E-state index is -0.975. The van der Waals surface area contributed by atoms with Crippen molar-refractivity contribution in [3.05, 3.63) is 34.7 Å². The van der Waals surface area contributed by atoms with E-state index in [0.717, 1.165) is 31.2 Å². The average Bonchev–Trinajstić information content (AvgIpc) is 2.89. The highest BCUT2D eigenvalue weighted by molar-refractivity contribution is 5.97. The van der Waals surface area contributed by atoms with Crippen molar-refractivity contribution < 1.29 is 14.3 Å². The van der Waals surface area contributed by atoms with Crippen LogP contribution < -0.4 is 0 Å². The maximum absolute atomic E-state index is 11.5. The van der Waals surface area contributed by atoms with Gasteiger partial charge in [-0.15, -0.1) is 10.2 Å². The minimum Gasteiger partial charge on any atom is -0.478 e. The summed E-state index contributed by atoms with van der Waals surface area (Å²) in [5.74, 6) is -0.118. The van der Waals surface area contributed by atoms with E-state index in [1.54, 1.807) is 13.0 Å². The van der Waals surface area contributed by atoms with Crippen molar-refractivity contribution in [2.24, 2.45) is 0 Å². The van der Waals surface area contributed by atoms with Gasteiger partial charge in [-0.25, -0.2) is 4.79 Å². The Balaban J connectivity index is 2.38. The highest BCUT2D eigenvalue weighted by Gasteiger charge is 2.21. The van der Waals surface area contributed by atoms with E-state index in [4.69, 9.17) is 4.42 Å². The van der Waals surface area contributed by atoms with Crippen molar-refractivity contribution in [2.75, 3.05) is 0 Å². The fourth-order valence-corrected chi connectivity index (χ4v) is 2.34. The lowest BCUT2D eigenvalue weighted by molar-refractivity contribution is 0.0696. The SMILES string of the molecule is CCCCCc1nnc(-c2c(C)ccc(C)c2C(=O)O)o1. The summed E-state index contributed by atoms with van der Waals surface area (Å²) in [6, 6.07) is 3.67. The van der Waals surface area contributed by atoms with E-state index in [2.05, 4.69) is 17.1 Å². The molecule has 0 aliphatic rings. The Bertz CT molecular complexity index is 647. The van der Waals surface area contributed by atoms with Crippen LogP contribution >= 0.6 is 0 Å². The molecule has 1 N–H and O–H groups in total. The average molecular weight is 288 g/mol. The number of aromatic carboxylic acids is 1. The maximum atomic E-state index is 11.5. The summed E-state index contributed by atoms with van der Waals surface area (Å²) in [7, 11) is 0. The van der Waals surface area contributed by atoms with Crippen molar-refractivity contribution in [3.8, 4) is 11.5 Å². The van der Waals surface area contributed by atoms with Gasteiger partial charge in [0.15, 0.2) is 0 Å². The number of carboxylic acids is 1. The Morgan fingerprint density at radius 1 is 1.19 bits per heavy atom. The second kappa shape index (κ2) is 6.52. The first-order valence-corrected chi connectivity index (χ1v) is 7.20. The van der Waals surface area contributed by atoms with E-state index in [1.807, 2.05) is 13.0 Å². The zero-order valence-electron chi connectivity index (χ0n) is 12.6. The molecule has 5 heteroatoms. The molecule has 0 bridgehead atoms. The second-order valence-corrected chi connectivity index (χ2v) is 5.21. The first-order valence-electron chi connectivity index (χ1n) is 7.20. The van der Waals surface area contributed by atoms with Gasteiger partial charge in [0.25, 0.3) is 0 Å². The molecule has 0 aliphatic carbocycles. The highest BCUT2D eigenvalue weighted by atomic mass is 16.4. The highest BCUT2D eigenvalue weighted by Crippen LogP contribution is 2.29. The molecule has 0 radical (unpaired) electrons. The topological polar surface area (TPSA) is 76.2 Å². The molecule has 1 heterocycles. The van der Waals surface area contributed by atoms with Crippen LogP contribution in [-0.4, -0.2) is 21.3 Å². The van der Waals surface area contributed by atoms with Crippen LogP contribution in [0.2, 0.25) is 0 Å². The van der Waals surface area contributed by atoms with Gasteiger partial charge in [0.1, 0.15) is 0 Å². The monoisotopic (exact) mass is 288 g/mol. The molecule has 0 spiro atoms. The summed E-state index contributed by atoms with van der Waals surface area (Å²) < 4.78 is 5.66. The van der Waals surface area contributed by atoms with E-state index in [1.165, 1.54) is 0 Å². The molecule has 0 saturated carbocycles. The molecule has 2 aromatic rings. The number of rotatable bonds is 6. The second-order valence-electron chi connectivity index (χ2n) is 5.21. The van der Waals surface area contributed by atoms with Crippen LogP contribution in [0.25, 0.3) is 11.5 Å². The Morgan fingerprint density at radius 2 is 1.90 bits per heavy atom. The molecule has 0 fully saturated rings. The molecule has 5 nitrogen and oxygen atoms in total. The molecule has 1 aromatic heterocycles. The Kier molecular flexibility index (Phi) is 4.73. The number of carboxylic acid groups (broad SMARTS) is 1. The molecule has 0 unspecified atom stereocenters. The lowest BCUT2D eigenvalue weighted by atomic mass is 9.97. The van der Waals surface area contributed by atoms with Gasteiger partial charge >= 0.3 is 5.97 Å². The van der Waals surface area contributed by atoms with Crippen molar-refractivity contribution in [2.45, 2.75) is 46.5 Å². The van der Waals surface area contributed by atoms with Gasteiger partial charge < -0.3 is 9.52 Å². The Labute approximate surface area is 124 Å². The van der Waals surface area contributed by atoms with Gasteiger partial charge in [-0.1, -0.05) is 31.9 Å². The van der Waals surface area contributed by atoms with E-state index in [9.17, 15) is 9.90 Å². The molecule has 0 atom stereocenters. The Morgan fingerprint density at radius 3 is 2.57 bits per heavy atom. The maximum Gasteiger partial charge on any atom is 0.336 e. The summed E-state index contributed by atoms with van der Waals surface area (Å²) in [5.41, 5.74) is 2.27. The minimum absolute atomic E-state index is 0.235. The fraction of sp³-hybridized carbons (Fsp3) is 0.438. The van der Waals surface area contributed by atoms with Gasteiger partial charge in [-0.05, 0) is 31.4 Å². The molecular weight excluding hydrogens is 268 g/mol. The normalized spacial score (nSPS) is 10.8. The summed E-state index contributed by atoms with van der Waals surface area (Å²) in [6.45, 7) is 5.75. The number of hydrogen-bond donors (Lipinski definition) is 1. The zero-order chi connectivity index (χ0) is 15.4. The van der Waals surface area contributed by atoms with Crippen molar-refractivity contribution >= 4 is 5.97 Å². The van der Waals surface area contributed by atoms with E-state index in [0.29, 0.717) is 22.9 Å². The largest absolute Gasteiger partial charge is 0.478 e. The molecule has 2 rings (SSSR count). The number of carbonyl (C=O) groups is 1. The first kappa shape index (κ1) is 15.2.